The standard InChI is InChI=1S/C16H14BrNO2S/c1-12-5-7-14(8-6-12)21(19,20)18-10-9-13-3-2-4-16(17)15(13)11-18/h2-9,11H,10H2,1H3. The first kappa shape index (κ1) is 14.4. The van der Waals surface area contributed by atoms with Crippen molar-refractivity contribution in [2.45, 2.75) is 11.8 Å². The highest BCUT2D eigenvalue weighted by molar-refractivity contribution is 9.10. The molecule has 0 radical (unpaired) electrons. The number of halogens is 1. The van der Waals surface area contributed by atoms with Crippen molar-refractivity contribution in [1.29, 1.82) is 0 Å². The zero-order valence-electron chi connectivity index (χ0n) is 11.5. The van der Waals surface area contributed by atoms with Crippen LogP contribution in [0.4, 0.5) is 0 Å². The normalized spacial score (nSPS) is 14.1. The lowest BCUT2D eigenvalue weighted by atomic mass is 10.2. The zero-order chi connectivity index (χ0) is 15.0. The van der Waals surface area contributed by atoms with E-state index in [2.05, 4.69) is 15.9 Å². The molecule has 0 amide bonds. The molecule has 2 aromatic carbocycles. The third-order valence-electron chi connectivity index (χ3n) is 3.48. The molecule has 0 aromatic heterocycles. The van der Waals surface area contributed by atoms with Crippen molar-refractivity contribution in [3.63, 3.8) is 0 Å². The van der Waals surface area contributed by atoms with E-state index in [-0.39, 0.29) is 0 Å². The molecule has 1 aliphatic heterocycles. The van der Waals surface area contributed by atoms with Crippen molar-refractivity contribution in [3.8, 4) is 0 Å². The van der Waals surface area contributed by atoms with E-state index >= 15 is 0 Å². The van der Waals surface area contributed by atoms with Gasteiger partial charge in [0.25, 0.3) is 10.0 Å². The van der Waals surface area contributed by atoms with E-state index in [1.807, 2.05) is 43.3 Å². The number of sulfonamides is 1. The van der Waals surface area contributed by atoms with Crippen LogP contribution in [-0.2, 0) is 10.0 Å². The van der Waals surface area contributed by atoms with Crippen LogP contribution in [0.15, 0.2) is 51.8 Å². The summed E-state index contributed by atoms with van der Waals surface area (Å²) in [5, 5.41) is 1.93. The predicted molar refractivity (Wildman–Crippen MR) is 87.4 cm³/mol. The Labute approximate surface area is 132 Å². The molecule has 0 bridgehead atoms. The third kappa shape index (κ3) is 2.63. The summed E-state index contributed by atoms with van der Waals surface area (Å²) < 4.78 is 27.6. The number of rotatable bonds is 2. The first-order chi connectivity index (χ1) is 9.98. The maximum atomic E-state index is 12.7. The summed E-state index contributed by atoms with van der Waals surface area (Å²) in [5.74, 6) is 0. The van der Waals surface area contributed by atoms with E-state index in [0.717, 1.165) is 20.5 Å². The van der Waals surface area contributed by atoms with Crippen molar-refractivity contribution in [2.24, 2.45) is 0 Å². The van der Waals surface area contributed by atoms with Crippen LogP contribution in [0.3, 0.4) is 0 Å². The van der Waals surface area contributed by atoms with Gasteiger partial charge in [0.2, 0.25) is 0 Å². The lowest BCUT2D eigenvalue weighted by molar-refractivity contribution is 0.539. The van der Waals surface area contributed by atoms with Crippen molar-refractivity contribution < 1.29 is 8.42 Å². The van der Waals surface area contributed by atoms with Gasteiger partial charge in [0, 0.05) is 15.9 Å². The molecular formula is C16H14BrNO2S. The molecule has 1 aliphatic rings. The van der Waals surface area contributed by atoms with E-state index in [9.17, 15) is 8.42 Å². The van der Waals surface area contributed by atoms with Gasteiger partial charge in [0.15, 0.2) is 0 Å². The molecule has 1 heterocycles. The van der Waals surface area contributed by atoms with Crippen LogP contribution in [0.1, 0.15) is 5.56 Å². The SMILES string of the molecule is Cc1ccc(S(=O)(=O)N2C=c3c(Br)cccc3=CC2)cc1. The number of hydrogen-bond acceptors (Lipinski definition) is 2. The minimum Gasteiger partial charge on any atom is -0.269 e. The number of hydrogen-bond donors (Lipinski definition) is 0. The molecule has 5 heteroatoms. The summed E-state index contributed by atoms with van der Waals surface area (Å²) in [6, 6.07) is 12.7. The molecule has 0 aliphatic carbocycles. The van der Waals surface area contributed by atoms with Crippen LogP contribution in [0.5, 0.6) is 0 Å². The second-order valence-corrected chi connectivity index (χ2v) is 7.71. The molecule has 0 saturated carbocycles. The van der Waals surface area contributed by atoms with Crippen LogP contribution >= 0.6 is 15.9 Å². The summed E-state index contributed by atoms with van der Waals surface area (Å²) >= 11 is 3.47. The Morgan fingerprint density at radius 2 is 1.81 bits per heavy atom. The van der Waals surface area contributed by atoms with E-state index in [0.29, 0.717) is 11.4 Å². The van der Waals surface area contributed by atoms with E-state index in [1.54, 1.807) is 18.3 Å². The first-order valence-electron chi connectivity index (χ1n) is 6.53. The molecule has 0 atom stereocenters. The fourth-order valence-corrected chi connectivity index (χ4v) is 4.02. The number of benzene rings is 2. The minimum atomic E-state index is -3.51. The quantitative estimate of drug-likeness (QED) is 0.817. The van der Waals surface area contributed by atoms with Crippen LogP contribution in [-0.4, -0.2) is 19.3 Å². The van der Waals surface area contributed by atoms with Gasteiger partial charge < -0.3 is 0 Å². The second kappa shape index (κ2) is 5.31. The maximum absolute atomic E-state index is 12.7. The van der Waals surface area contributed by atoms with Crippen molar-refractivity contribution in [2.75, 3.05) is 6.54 Å². The zero-order valence-corrected chi connectivity index (χ0v) is 13.9. The molecule has 0 saturated heterocycles. The molecule has 2 aromatic rings. The molecule has 108 valence electrons. The summed E-state index contributed by atoms with van der Waals surface area (Å²) in [5.41, 5.74) is 1.04. The largest absolute Gasteiger partial charge is 0.269 e. The Kier molecular flexibility index (Phi) is 3.63. The Hall–Kier alpha value is -1.59. The van der Waals surface area contributed by atoms with E-state index < -0.39 is 10.0 Å². The number of fused-ring (bicyclic) bond motifs is 1. The average molecular weight is 364 g/mol. The molecule has 0 N–H and O–H groups in total. The Balaban J connectivity index is 2.10. The highest BCUT2D eigenvalue weighted by Crippen LogP contribution is 2.17. The predicted octanol–water partition coefficient (Wildman–Crippen LogP) is 1.98. The van der Waals surface area contributed by atoms with Gasteiger partial charge in [-0.05, 0) is 30.3 Å². The highest BCUT2D eigenvalue weighted by atomic mass is 79.9. The Morgan fingerprint density at radius 1 is 1.10 bits per heavy atom. The van der Waals surface area contributed by atoms with Gasteiger partial charge in [0.1, 0.15) is 0 Å². The van der Waals surface area contributed by atoms with Gasteiger partial charge in [-0.2, -0.15) is 0 Å². The van der Waals surface area contributed by atoms with Gasteiger partial charge in [-0.1, -0.05) is 51.8 Å². The van der Waals surface area contributed by atoms with Crippen LogP contribution in [0.2, 0.25) is 0 Å². The third-order valence-corrected chi connectivity index (χ3v) is 5.91. The molecule has 0 fully saturated rings. The summed E-state index contributed by atoms with van der Waals surface area (Å²) in [6.45, 7) is 2.28. The summed E-state index contributed by atoms with van der Waals surface area (Å²) in [4.78, 5) is 0.313. The van der Waals surface area contributed by atoms with E-state index in [4.69, 9.17) is 0 Å². The topological polar surface area (TPSA) is 37.4 Å². The van der Waals surface area contributed by atoms with Gasteiger partial charge in [-0.3, -0.25) is 4.31 Å². The Morgan fingerprint density at radius 3 is 2.52 bits per heavy atom. The maximum Gasteiger partial charge on any atom is 0.264 e. The molecule has 21 heavy (non-hydrogen) atoms. The average Bonchev–Trinajstić information content (AvgIpc) is 2.48. The van der Waals surface area contributed by atoms with Gasteiger partial charge in [-0.15, -0.1) is 0 Å². The van der Waals surface area contributed by atoms with Crippen LogP contribution in [0, 0.1) is 6.92 Å². The molecule has 0 spiro atoms. The van der Waals surface area contributed by atoms with Gasteiger partial charge in [0.05, 0.1) is 11.4 Å². The number of aryl methyl sites for hydroxylation is 1. The molecular weight excluding hydrogens is 350 g/mol. The molecule has 3 rings (SSSR count). The molecule has 3 nitrogen and oxygen atoms in total. The monoisotopic (exact) mass is 363 g/mol. The lowest BCUT2D eigenvalue weighted by Crippen LogP contribution is -2.38. The fraction of sp³-hybridized carbons (Fsp3) is 0.125. The minimum absolute atomic E-state index is 0.313. The summed E-state index contributed by atoms with van der Waals surface area (Å²) in [7, 11) is -3.51. The Bertz CT molecular complexity index is 902. The number of nitrogens with zero attached hydrogens (tertiary/aromatic N) is 1. The van der Waals surface area contributed by atoms with Crippen molar-refractivity contribution >= 4 is 38.2 Å². The van der Waals surface area contributed by atoms with Crippen LogP contribution in [0.25, 0.3) is 12.3 Å². The van der Waals surface area contributed by atoms with Gasteiger partial charge in [-0.25, -0.2) is 8.42 Å². The van der Waals surface area contributed by atoms with E-state index in [1.165, 1.54) is 4.31 Å². The van der Waals surface area contributed by atoms with Crippen molar-refractivity contribution in [1.82, 2.24) is 4.31 Å². The molecule has 0 unspecified atom stereocenters. The van der Waals surface area contributed by atoms with Crippen LogP contribution < -0.4 is 10.4 Å². The smallest absolute Gasteiger partial charge is 0.264 e. The second-order valence-electron chi connectivity index (χ2n) is 4.96. The van der Waals surface area contributed by atoms with Crippen molar-refractivity contribution in [3.05, 3.63) is 62.9 Å². The van der Waals surface area contributed by atoms with Gasteiger partial charge >= 0.3 is 0 Å². The first-order valence-corrected chi connectivity index (χ1v) is 8.77. The fourth-order valence-electron chi connectivity index (χ4n) is 2.27. The lowest BCUT2D eigenvalue weighted by Gasteiger charge is -2.21. The summed E-state index contributed by atoms with van der Waals surface area (Å²) in [6.07, 6.45) is 3.61. The highest BCUT2D eigenvalue weighted by Gasteiger charge is 2.22.